The predicted octanol–water partition coefficient (Wildman–Crippen LogP) is 1.13. The number of aryl methyl sites for hydroxylation is 1. The highest BCUT2D eigenvalue weighted by Gasteiger charge is 2.21. The lowest BCUT2D eigenvalue weighted by molar-refractivity contribution is -0.135. The number of methoxy groups -OCH3 is 1. The summed E-state index contributed by atoms with van der Waals surface area (Å²) in [6, 6.07) is 2.93. The first kappa shape index (κ1) is 14.9. The number of carboxylic acids is 1. The molecule has 2 N–H and O–H groups in total. The molecule has 0 aliphatic heterocycles. The van der Waals surface area contributed by atoms with Gasteiger partial charge in [-0.2, -0.15) is 4.72 Å². The van der Waals surface area contributed by atoms with Crippen LogP contribution in [-0.4, -0.2) is 33.1 Å². The van der Waals surface area contributed by atoms with E-state index in [1.165, 1.54) is 13.2 Å². The van der Waals surface area contributed by atoms with E-state index in [0.717, 1.165) is 5.56 Å². The Labute approximate surface area is 113 Å². The van der Waals surface area contributed by atoms with Crippen LogP contribution in [0.15, 0.2) is 21.5 Å². The van der Waals surface area contributed by atoms with Crippen LogP contribution in [-0.2, 0) is 14.8 Å². The summed E-state index contributed by atoms with van der Waals surface area (Å²) >= 11 is 3.22. The van der Waals surface area contributed by atoms with E-state index in [9.17, 15) is 13.2 Å². The van der Waals surface area contributed by atoms with Crippen molar-refractivity contribution >= 4 is 31.9 Å². The van der Waals surface area contributed by atoms with Gasteiger partial charge in [-0.15, -0.1) is 0 Å². The maximum absolute atomic E-state index is 11.9. The van der Waals surface area contributed by atoms with E-state index >= 15 is 0 Å². The van der Waals surface area contributed by atoms with Crippen LogP contribution >= 0.6 is 15.9 Å². The van der Waals surface area contributed by atoms with Gasteiger partial charge in [0.05, 0.1) is 7.11 Å². The zero-order chi connectivity index (χ0) is 13.9. The lowest BCUT2D eigenvalue weighted by Crippen LogP contribution is -2.29. The average molecular weight is 338 g/mol. The first-order valence-electron chi connectivity index (χ1n) is 4.83. The van der Waals surface area contributed by atoms with E-state index in [1.54, 1.807) is 13.0 Å². The molecule has 18 heavy (non-hydrogen) atoms. The lowest BCUT2D eigenvalue weighted by atomic mass is 10.2. The summed E-state index contributed by atoms with van der Waals surface area (Å²) in [5.41, 5.74) is 0.809. The van der Waals surface area contributed by atoms with Crippen LogP contribution in [0.2, 0.25) is 0 Å². The molecule has 0 heterocycles. The summed E-state index contributed by atoms with van der Waals surface area (Å²) in [5, 5.41) is 8.48. The van der Waals surface area contributed by atoms with Crippen molar-refractivity contribution < 1.29 is 23.1 Å². The molecule has 0 saturated carbocycles. The fourth-order valence-corrected chi connectivity index (χ4v) is 2.88. The van der Waals surface area contributed by atoms with Gasteiger partial charge in [0, 0.05) is 4.47 Å². The van der Waals surface area contributed by atoms with Gasteiger partial charge in [0.2, 0.25) is 10.0 Å². The summed E-state index contributed by atoms with van der Waals surface area (Å²) in [6.45, 7) is 1.10. The summed E-state index contributed by atoms with van der Waals surface area (Å²) in [4.78, 5) is 10.3. The number of hydrogen-bond donors (Lipinski definition) is 2. The van der Waals surface area contributed by atoms with Crippen LogP contribution in [0.4, 0.5) is 0 Å². The average Bonchev–Trinajstić information content (AvgIpc) is 2.29. The summed E-state index contributed by atoms with van der Waals surface area (Å²) in [5.74, 6) is -1.10. The van der Waals surface area contributed by atoms with Crippen LogP contribution in [0.5, 0.6) is 5.75 Å². The molecule has 0 amide bonds. The van der Waals surface area contributed by atoms with Crippen LogP contribution < -0.4 is 9.46 Å². The van der Waals surface area contributed by atoms with Crippen LogP contribution in [0, 0.1) is 6.92 Å². The molecule has 0 fully saturated rings. The number of ether oxygens (including phenoxy) is 1. The minimum atomic E-state index is -3.92. The Bertz CT molecular complexity index is 570. The van der Waals surface area contributed by atoms with Gasteiger partial charge in [0.15, 0.2) is 0 Å². The first-order valence-corrected chi connectivity index (χ1v) is 7.11. The molecule has 0 bridgehead atoms. The van der Waals surface area contributed by atoms with Crippen molar-refractivity contribution in [2.24, 2.45) is 0 Å². The topological polar surface area (TPSA) is 92.7 Å². The molecule has 100 valence electrons. The second-order valence-corrected chi connectivity index (χ2v) is 6.06. The smallest absolute Gasteiger partial charge is 0.318 e. The SMILES string of the molecule is COc1cc(C)c(Br)cc1S(=O)(=O)NCC(=O)O. The Kier molecular flexibility index (Phi) is 4.71. The highest BCUT2D eigenvalue weighted by Crippen LogP contribution is 2.30. The van der Waals surface area contributed by atoms with Crippen molar-refractivity contribution in [1.82, 2.24) is 4.72 Å². The number of hydrogen-bond acceptors (Lipinski definition) is 4. The van der Waals surface area contributed by atoms with Gasteiger partial charge in [0.25, 0.3) is 0 Å². The predicted molar refractivity (Wildman–Crippen MR) is 68.3 cm³/mol. The lowest BCUT2D eigenvalue weighted by Gasteiger charge is -2.11. The van der Waals surface area contributed by atoms with E-state index in [2.05, 4.69) is 15.9 Å². The van der Waals surface area contributed by atoms with E-state index in [1.807, 2.05) is 4.72 Å². The Balaban J connectivity index is 3.23. The normalized spacial score (nSPS) is 11.3. The molecule has 0 aliphatic carbocycles. The molecule has 0 aromatic heterocycles. The quantitative estimate of drug-likeness (QED) is 0.840. The van der Waals surface area contributed by atoms with Crippen molar-refractivity contribution in [3.05, 3.63) is 22.2 Å². The Morgan fingerprint density at radius 2 is 2.11 bits per heavy atom. The van der Waals surface area contributed by atoms with Crippen LogP contribution in [0.3, 0.4) is 0 Å². The summed E-state index contributed by atoms with van der Waals surface area (Å²) in [6.07, 6.45) is 0. The van der Waals surface area contributed by atoms with Crippen molar-refractivity contribution in [1.29, 1.82) is 0 Å². The molecular weight excluding hydrogens is 326 g/mol. The summed E-state index contributed by atoms with van der Waals surface area (Å²) in [7, 11) is -2.58. The largest absolute Gasteiger partial charge is 0.495 e. The zero-order valence-corrected chi connectivity index (χ0v) is 12.1. The van der Waals surface area contributed by atoms with Crippen molar-refractivity contribution in [3.8, 4) is 5.75 Å². The van der Waals surface area contributed by atoms with Gasteiger partial charge in [-0.25, -0.2) is 8.42 Å². The molecule has 0 spiro atoms. The van der Waals surface area contributed by atoms with Gasteiger partial charge in [0.1, 0.15) is 17.2 Å². The van der Waals surface area contributed by atoms with Crippen molar-refractivity contribution in [2.75, 3.05) is 13.7 Å². The second kappa shape index (κ2) is 5.68. The fraction of sp³-hybridized carbons (Fsp3) is 0.300. The second-order valence-electron chi connectivity index (χ2n) is 3.47. The maximum atomic E-state index is 11.9. The number of halogens is 1. The number of sulfonamides is 1. The van der Waals surface area contributed by atoms with Gasteiger partial charge in [-0.05, 0) is 24.6 Å². The highest BCUT2D eigenvalue weighted by molar-refractivity contribution is 9.10. The number of benzene rings is 1. The van der Waals surface area contributed by atoms with Crippen molar-refractivity contribution in [3.63, 3.8) is 0 Å². The van der Waals surface area contributed by atoms with E-state index in [0.29, 0.717) is 4.47 Å². The van der Waals surface area contributed by atoms with Gasteiger partial charge in [-0.1, -0.05) is 15.9 Å². The molecule has 0 atom stereocenters. The minimum Gasteiger partial charge on any atom is -0.495 e. The third-order valence-corrected chi connectivity index (χ3v) is 4.42. The standard InChI is InChI=1S/C10H12BrNO5S/c1-6-3-8(17-2)9(4-7(6)11)18(15,16)12-5-10(13)14/h3-4,12H,5H2,1-2H3,(H,13,14). The van der Waals surface area contributed by atoms with Gasteiger partial charge in [-0.3, -0.25) is 4.79 Å². The molecule has 1 aromatic carbocycles. The number of aliphatic carboxylic acids is 1. The Morgan fingerprint density at radius 3 is 2.61 bits per heavy atom. The highest BCUT2D eigenvalue weighted by atomic mass is 79.9. The monoisotopic (exact) mass is 337 g/mol. The molecule has 1 aromatic rings. The molecule has 0 saturated heterocycles. The zero-order valence-electron chi connectivity index (χ0n) is 9.73. The number of carboxylic acid groups (broad SMARTS) is 1. The van der Waals surface area contributed by atoms with Crippen molar-refractivity contribution in [2.45, 2.75) is 11.8 Å². The molecule has 6 nitrogen and oxygen atoms in total. The van der Waals surface area contributed by atoms with E-state index in [4.69, 9.17) is 9.84 Å². The molecular formula is C10H12BrNO5S. The molecule has 0 unspecified atom stereocenters. The molecule has 1 rings (SSSR count). The fourth-order valence-electron chi connectivity index (χ4n) is 1.24. The maximum Gasteiger partial charge on any atom is 0.318 e. The number of carbonyl (C=O) groups is 1. The third kappa shape index (κ3) is 3.44. The number of rotatable bonds is 5. The molecule has 0 aliphatic rings. The molecule has 0 radical (unpaired) electrons. The summed E-state index contributed by atoms with van der Waals surface area (Å²) < 4.78 is 31.4. The Morgan fingerprint density at radius 1 is 1.50 bits per heavy atom. The minimum absolute atomic E-state index is 0.108. The first-order chi connectivity index (χ1) is 8.27. The third-order valence-electron chi connectivity index (χ3n) is 2.15. The van der Waals surface area contributed by atoms with Gasteiger partial charge >= 0.3 is 5.97 Å². The number of nitrogens with one attached hydrogen (secondary N) is 1. The van der Waals surface area contributed by atoms with Crippen LogP contribution in [0.1, 0.15) is 5.56 Å². The van der Waals surface area contributed by atoms with E-state index in [-0.39, 0.29) is 10.6 Å². The Hall–Kier alpha value is -1.12. The molecule has 8 heteroatoms. The van der Waals surface area contributed by atoms with Crippen LogP contribution in [0.25, 0.3) is 0 Å². The van der Waals surface area contributed by atoms with Gasteiger partial charge < -0.3 is 9.84 Å². The van der Waals surface area contributed by atoms with E-state index < -0.39 is 22.5 Å².